The lowest BCUT2D eigenvalue weighted by Gasteiger charge is -2.56. The van der Waals surface area contributed by atoms with E-state index in [4.69, 9.17) is 9.57 Å². The predicted molar refractivity (Wildman–Crippen MR) is 98.2 cm³/mol. The third-order valence-electron chi connectivity index (χ3n) is 6.27. The number of fused-ring (bicyclic) bond motifs is 1. The Bertz CT molecular complexity index is 893. The number of nitrogens with one attached hydrogen (secondary N) is 2. The second-order valence-electron chi connectivity index (χ2n) is 9.05. The average Bonchev–Trinajstić information content (AvgIpc) is 3.17. The summed E-state index contributed by atoms with van der Waals surface area (Å²) in [5, 5.41) is 24.5. The van der Waals surface area contributed by atoms with Gasteiger partial charge >= 0.3 is 5.69 Å². The van der Waals surface area contributed by atoms with Crippen LogP contribution in [-0.2, 0) is 16.1 Å². The molecule has 1 aromatic heterocycles. The van der Waals surface area contributed by atoms with Gasteiger partial charge in [-0.1, -0.05) is 0 Å². The highest BCUT2D eigenvalue weighted by molar-refractivity contribution is 5.19. The minimum Gasteiger partial charge on any atom is -0.394 e. The molecule has 0 amide bonds. The molecule has 28 heavy (non-hydrogen) atoms. The highest BCUT2D eigenvalue weighted by atomic mass is 16.8. The first-order valence-corrected chi connectivity index (χ1v) is 9.54. The molecule has 5 atom stereocenters. The summed E-state index contributed by atoms with van der Waals surface area (Å²) in [5.41, 5.74) is -1.65. The molecule has 0 saturated carbocycles. The second kappa shape index (κ2) is 6.22. The zero-order valence-electron chi connectivity index (χ0n) is 16.6. The first kappa shape index (κ1) is 19.7. The van der Waals surface area contributed by atoms with E-state index in [-0.39, 0.29) is 30.7 Å². The van der Waals surface area contributed by atoms with Gasteiger partial charge in [-0.25, -0.2) is 4.79 Å². The Morgan fingerprint density at radius 1 is 1.32 bits per heavy atom. The van der Waals surface area contributed by atoms with E-state index in [9.17, 15) is 19.8 Å². The van der Waals surface area contributed by atoms with Crippen molar-refractivity contribution < 1.29 is 19.8 Å². The van der Waals surface area contributed by atoms with Crippen molar-refractivity contribution in [2.75, 3.05) is 6.61 Å². The van der Waals surface area contributed by atoms with Gasteiger partial charge in [0.1, 0.15) is 12.3 Å². The van der Waals surface area contributed by atoms with E-state index < -0.39 is 35.4 Å². The van der Waals surface area contributed by atoms with E-state index in [2.05, 4.69) is 38.0 Å². The van der Waals surface area contributed by atoms with E-state index >= 15 is 0 Å². The number of hydroxylamine groups is 2. The average molecular weight is 396 g/mol. The SMILES string of the molecule is CC1(C)CC2(NCc3cn([C@H]4C[C@H](O)[C@@H](CO)O4)c(=O)[nH]c3=O)ON1C2(C)C. The van der Waals surface area contributed by atoms with Gasteiger partial charge in [0.2, 0.25) is 0 Å². The highest BCUT2D eigenvalue weighted by Gasteiger charge is 2.73. The van der Waals surface area contributed by atoms with Crippen molar-refractivity contribution in [1.29, 1.82) is 0 Å². The zero-order chi connectivity index (χ0) is 20.5. The number of H-pyrrole nitrogens is 1. The van der Waals surface area contributed by atoms with Crippen LogP contribution in [0.2, 0.25) is 0 Å². The summed E-state index contributed by atoms with van der Waals surface area (Å²) in [4.78, 5) is 32.8. The summed E-state index contributed by atoms with van der Waals surface area (Å²) in [7, 11) is 0. The number of aliphatic hydroxyl groups excluding tert-OH is 2. The fraction of sp³-hybridized carbons (Fsp3) is 0.778. The van der Waals surface area contributed by atoms with Crippen molar-refractivity contribution in [3.05, 3.63) is 32.6 Å². The molecule has 0 aliphatic carbocycles. The predicted octanol–water partition coefficient (Wildman–Crippen LogP) is -0.829. The quantitative estimate of drug-likeness (QED) is 0.508. The molecule has 4 aliphatic rings. The number of ether oxygens (including phenoxy) is 1. The Kier molecular flexibility index (Phi) is 4.38. The number of hydrogen-bond donors (Lipinski definition) is 4. The van der Waals surface area contributed by atoms with Crippen molar-refractivity contribution in [3.63, 3.8) is 0 Å². The summed E-state index contributed by atoms with van der Waals surface area (Å²) in [6, 6.07) is 0. The van der Waals surface area contributed by atoms with Crippen LogP contribution in [0.4, 0.5) is 0 Å². The Labute approximate surface area is 162 Å². The summed E-state index contributed by atoms with van der Waals surface area (Å²) in [6.07, 6.45) is 0.00964. The molecular weight excluding hydrogens is 368 g/mol. The molecule has 1 aromatic rings. The van der Waals surface area contributed by atoms with Gasteiger partial charge in [-0.15, -0.1) is 0 Å². The van der Waals surface area contributed by atoms with Crippen LogP contribution >= 0.6 is 0 Å². The number of hydrogen-bond acceptors (Lipinski definition) is 8. The zero-order valence-corrected chi connectivity index (χ0v) is 16.6. The minimum absolute atomic E-state index is 0.116. The summed E-state index contributed by atoms with van der Waals surface area (Å²) in [6.45, 7) is 8.27. The molecular formula is C18H28N4O6. The third kappa shape index (κ3) is 2.71. The highest BCUT2D eigenvalue weighted by Crippen LogP contribution is 2.58. The Hall–Kier alpha value is -1.56. The lowest BCUT2D eigenvalue weighted by molar-refractivity contribution is -0.406. The standard InChI is InChI=1S/C18H28N4O6/c1-16(2)9-18(17(3,4)22(16)28-18)19-6-10-7-21(15(26)20-14(10)25)13-5-11(24)12(8-23)27-13/h7,11-13,19,23-24H,5-6,8-9H2,1-4H3,(H,20,25,26)/t11-,12+,13+,18?/m0/s1. The Morgan fingerprint density at radius 2 is 2.04 bits per heavy atom. The van der Waals surface area contributed by atoms with Crippen molar-refractivity contribution in [3.8, 4) is 0 Å². The van der Waals surface area contributed by atoms with Crippen LogP contribution < -0.4 is 16.6 Å². The van der Waals surface area contributed by atoms with Gasteiger partial charge in [0.05, 0.1) is 18.2 Å². The van der Waals surface area contributed by atoms with Crippen molar-refractivity contribution >= 4 is 0 Å². The Morgan fingerprint density at radius 3 is 2.57 bits per heavy atom. The van der Waals surface area contributed by atoms with Gasteiger partial charge in [0, 0.05) is 36.7 Å². The molecule has 5 heterocycles. The number of aromatic amines is 1. The van der Waals surface area contributed by atoms with E-state index in [1.807, 2.05) is 5.06 Å². The maximum absolute atomic E-state index is 12.3. The van der Waals surface area contributed by atoms with E-state index in [1.54, 1.807) is 0 Å². The monoisotopic (exact) mass is 396 g/mol. The molecule has 156 valence electrons. The molecule has 4 aliphatic heterocycles. The topological polar surface area (TPSA) is 129 Å². The summed E-state index contributed by atoms with van der Waals surface area (Å²) < 4.78 is 6.80. The minimum atomic E-state index is -0.870. The third-order valence-corrected chi connectivity index (χ3v) is 6.27. The largest absolute Gasteiger partial charge is 0.394 e. The molecule has 10 heteroatoms. The van der Waals surface area contributed by atoms with Gasteiger partial charge in [-0.05, 0) is 27.7 Å². The van der Waals surface area contributed by atoms with Crippen molar-refractivity contribution in [2.24, 2.45) is 0 Å². The normalized spacial score (nSPS) is 37.8. The van der Waals surface area contributed by atoms with Gasteiger partial charge in [-0.3, -0.25) is 24.5 Å². The number of rotatable bonds is 5. The van der Waals surface area contributed by atoms with Gasteiger partial charge in [0.15, 0.2) is 5.72 Å². The number of aromatic nitrogens is 2. The van der Waals surface area contributed by atoms with Crippen molar-refractivity contribution in [1.82, 2.24) is 19.9 Å². The van der Waals surface area contributed by atoms with Crippen LogP contribution in [0.5, 0.6) is 0 Å². The summed E-state index contributed by atoms with van der Waals surface area (Å²) in [5.74, 6) is 0. The molecule has 0 spiro atoms. The molecule has 2 bridgehead atoms. The fourth-order valence-electron chi connectivity index (χ4n) is 4.78. The molecule has 10 nitrogen and oxygen atoms in total. The molecule has 2 unspecified atom stereocenters. The van der Waals surface area contributed by atoms with Crippen LogP contribution in [0.25, 0.3) is 0 Å². The Balaban J connectivity index is 1.55. The molecule has 0 aromatic carbocycles. The molecule has 4 N–H and O–H groups in total. The smallest absolute Gasteiger partial charge is 0.330 e. The number of aliphatic hydroxyl groups is 2. The first-order chi connectivity index (χ1) is 13.0. The van der Waals surface area contributed by atoms with Crippen molar-refractivity contribution in [2.45, 2.75) is 82.3 Å². The molecule has 4 fully saturated rings. The number of nitrogens with zero attached hydrogens (tertiary/aromatic N) is 2. The van der Waals surface area contributed by atoms with Crippen LogP contribution in [0.15, 0.2) is 15.8 Å². The maximum Gasteiger partial charge on any atom is 0.330 e. The van der Waals surface area contributed by atoms with Gasteiger partial charge in [0.25, 0.3) is 5.56 Å². The lowest BCUT2D eigenvalue weighted by atomic mass is 9.88. The van der Waals surface area contributed by atoms with E-state index in [1.165, 1.54) is 10.8 Å². The van der Waals surface area contributed by atoms with E-state index in [0.29, 0.717) is 5.56 Å². The molecule has 5 rings (SSSR count). The van der Waals surface area contributed by atoms with Crippen LogP contribution in [0.3, 0.4) is 0 Å². The summed E-state index contributed by atoms with van der Waals surface area (Å²) >= 11 is 0. The van der Waals surface area contributed by atoms with Crippen LogP contribution in [0.1, 0.15) is 52.3 Å². The van der Waals surface area contributed by atoms with Crippen LogP contribution in [-0.4, -0.2) is 60.4 Å². The van der Waals surface area contributed by atoms with Gasteiger partial charge in [-0.2, -0.15) is 5.06 Å². The van der Waals surface area contributed by atoms with E-state index in [0.717, 1.165) is 6.42 Å². The van der Waals surface area contributed by atoms with Crippen LogP contribution in [0, 0.1) is 0 Å². The fourth-order valence-corrected chi connectivity index (χ4v) is 4.78. The maximum atomic E-state index is 12.3. The lowest BCUT2D eigenvalue weighted by Crippen LogP contribution is -2.74. The molecule has 0 radical (unpaired) electrons. The molecule has 4 saturated heterocycles. The van der Waals surface area contributed by atoms with Gasteiger partial charge < -0.3 is 14.9 Å². The first-order valence-electron chi connectivity index (χ1n) is 9.54. The second-order valence-corrected chi connectivity index (χ2v) is 9.05.